The van der Waals surface area contributed by atoms with Gasteiger partial charge < -0.3 is 11.1 Å². The van der Waals surface area contributed by atoms with Crippen molar-refractivity contribution in [3.8, 4) is 5.95 Å². The number of hydrogen-bond donors (Lipinski definition) is 2. The van der Waals surface area contributed by atoms with E-state index >= 15 is 0 Å². The summed E-state index contributed by atoms with van der Waals surface area (Å²) in [6.45, 7) is 3.50. The normalized spacial score (nSPS) is 11.2. The van der Waals surface area contributed by atoms with Gasteiger partial charge in [-0.1, -0.05) is 17.7 Å². The first-order chi connectivity index (χ1) is 13.3. The first kappa shape index (κ1) is 17.8. The van der Waals surface area contributed by atoms with Crippen LogP contribution in [0.25, 0.3) is 17.0 Å². The van der Waals surface area contributed by atoms with E-state index in [9.17, 15) is 13.2 Å². The summed E-state index contributed by atoms with van der Waals surface area (Å²) in [5.74, 6) is -2.75. The van der Waals surface area contributed by atoms with Gasteiger partial charge in [0.2, 0.25) is 11.8 Å². The van der Waals surface area contributed by atoms with Gasteiger partial charge in [0, 0.05) is 17.8 Å². The Morgan fingerprint density at radius 2 is 1.68 bits per heavy atom. The Morgan fingerprint density at radius 1 is 0.964 bits per heavy atom. The minimum Gasteiger partial charge on any atom is -0.381 e. The molecule has 0 saturated carbocycles. The molecule has 0 radical (unpaired) electrons. The lowest BCUT2D eigenvalue weighted by Gasteiger charge is -2.12. The Hall–Kier alpha value is -3.62. The quantitative estimate of drug-likeness (QED) is 0.554. The molecule has 3 N–H and O–H groups in total. The number of fused-ring (bicyclic) bond motifs is 1. The van der Waals surface area contributed by atoms with E-state index < -0.39 is 23.3 Å². The zero-order valence-electron chi connectivity index (χ0n) is 15.0. The molecule has 9 heteroatoms. The maximum Gasteiger partial charge on any atom is 0.239 e. The van der Waals surface area contributed by atoms with E-state index in [1.807, 2.05) is 19.1 Å². The van der Waals surface area contributed by atoms with E-state index in [1.165, 1.54) is 4.57 Å². The molecule has 0 bridgehead atoms. The molecule has 4 rings (SSSR count). The van der Waals surface area contributed by atoms with Crippen LogP contribution in [-0.2, 0) is 0 Å². The van der Waals surface area contributed by atoms with Crippen LogP contribution in [0.15, 0.2) is 36.4 Å². The zero-order chi connectivity index (χ0) is 20.0. The van der Waals surface area contributed by atoms with Gasteiger partial charge >= 0.3 is 0 Å². The maximum atomic E-state index is 14.5. The van der Waals surface area contributed by atoms with E-state index in [2.05, 4.69) is 20.3 Å². The van der Waals surface area contributed by atoms with Gasteiger partial charge in [-0.25, -0.2) is 13.8 Å². The monoisotopic (exact) mass is 384 g/mol. The lowest BCUT2D eigenvalue weighted by Crippen LogP contribution is -2.10. The van der Waals surface area contributed by atoms with Gasteiger partial charge in [0.25, 0.3) is 0 Å². The van der Waals surface area contributed by atoms with Gasteiger partial charge in [-0.3, -0.25) is 4.57 Å². The van der Waals surface area contributed by atoms with E-state index in [-0.39, 0.29) is 22.8 Å². The second kappa shape index (κ2) is 6.52. The average Bonchev–Trinajstić information content (AvgIpc) is 2.97. The average molecular weight is 384 g/mol. The molecule has 0 unspecified atom stereocenters. The van der Waals surface area contributed by atoms with Crippen molar-refractivity contribution in [1.82, 2.24) is 19.5 Å². The fourth-order valence-corrected chi connectivity index (χ4v) is 2.88. The van der Waals surface area contributed by atoms with Crippen LogP contribution >= 0.6 is 0 Å². The van der Waals surface area contributed by atoms with Gasteiger partial charge in [-0.15, -0.1) is 0 Å². The molecule has 6 nitrogen and oxygen atoms in total. The highest BCUT2D eigenvalue weighted by atomic mass is 19.1. The van der Waals surface area contributed by atoms with Crippen molar-refractivity contribution >= 4 is 28.4 Å². The number of aromatic nitrogens is 4. The highest BCUT2D eigenvalue weighted by Gasteiger charge is 2.19. The molecule has 0 saturated heterocycles. The molecule has 2 aromatic carbocycles. The molecule has 142 valence electrons. The molecule has 4 aromatic rings. The molecule has 0 amide bonds. The summed E-state index contributed by atoms with van der Waals surface area (Å²) < 4.78 is 43.6. The van der Waals surface area contributed by atoms with Gasteiger partial charge in [-0.05, 0) is 26.0 Å². The summed E-state index contributed by atoms with van der Waals surface area (Å²) >= 11 is 0. The second-order valence-corrected chi connectivity index (χ2v) is 6.31. The highest BCUT2D eigenvalue weighted by Crippen LogP contribution is 2.27. The topological polar surface area (TPSA) is 81.7 Å². The molecule has 0 atom stereocenters. The number of halogens is 3. The number of nitrogens with two attached hydrogens (primary N) is 1. The number of anilines is 3. The Labute approximate surface area is 157 Å². The molecule has 0 spiro atoms. The van der Waals surface area contributed by atoms with Gasteiger partial charge in [-0.2, -0.15) is 14.4 Å². The molecule has 0 aliphatic rings. The maximum absolute atomic E-state index is 14.5. The number of nitrogen functional groups attached to an aromatic ring is 1. The number of benzene rings is 2. The largest absolute Gasteiger partial charge is 0.381 e. The molecule has 2 aromatic heterocycles. The smallest absolute Gasteiger partial charge is 0.239 e. The third kappa shape index (κ3) is 3.00. The predicted octanol–water partition coefficient (Wildman–Crippen LogP) is 4.18. The van der Waals surface area contributed by atoms with Gasteiger partial charge in [0.1, 0.15) is 17.2 Å². The summed E-state index contributed by atoms with van der Waals surface area (Å²) in [5, 5.41) is 2.84. The number of rotatable bonds is 3. The lowest BCUT2D eigenvalue weighted by molar-refractivity contribution is 0.590. The van der Waals surface area contributed by atoms with Crippen molar-refractivity contribution in [2.75, 3.05) is 11.1 Å². The van der Waals surface area contributed by atoms with E-state index in [0.29, 0.717) is 11.5 Å². The van der Waals surface area contributed by atoms with Gasteiger partial charge in [0.15, 0.2) is 17.5 Å². The Bertz CT molecular complexity index is 1200. The van der Waals surface area contributed by atoms with E-state index in [4.69, 9.17) is 5.73 Å². The lowest BCUT2D eigenvalue weighted by atomic mass is 10.2. The van der Waals surface area contributed by atoms with Crippen molar-refractivity contribution in [1.29, 1.82) is 0 Å². The van der Waals surface area contributed by atoms with Crippen LogP contribution < -0.4 is 11.1 Å². The van der Waals surface area contributed by atoms with E-state index in [0.717, 1.165) is 17.7 Å². The first-order valence-electron chi connectivity index (χ1n) is 8.34. The molecule has 2 heterocycles. The number of nitrogens with one attached hydrogen (secondary N) is 1. The minimum atomic E-state index is -0.830. The number of hydrogen-bond acceptors (Lipinski definition) is 5. The fraction of sp³-hybridized carbons (Fsp3) is 0.105. The third-order valence-electron chi connectivity index (χ3n) is 4.23. The van der Waals surface area contributed by atoms with Crippen LogP contribution in [0.3, 0.4) is 0 Å². The first-order valence-corrected chi connectivity index (χ1v) is 8.34. The minimum absolute atomic E-state index is 0.0431. The van der Waals surface area contributed by atoms with Crippen molar-refractivity contribution in [3.63, 3.8) is 0 Å². The number of nitrogens with zero attached hydrogens (tertiary/aromatic N) is 4. The standard InChI is InChI=1S/C19H15F3N6/c1-9-3-5-12(6-4-9)25-18-15(22)17(23)26-19(27-18)28-10(2)24-16-13(21)7-11(20)8-14(16)28/h3-8H,1-2H3,(H3,23,25,26,27). The third-order valence-corrected chi connectivity index (χ3v) is 4.23. The number of aryl methyl sites for hydroxylation is 2. The Kier molecular flexibility index (Phi) is 4.14. The molecular formula is C19H15F3N6. The van der Waals surface area contributed by atoms with Crippen molar-refractivity contribution in [2.45, 2.75) is 13.8 Å². The summed E-state index contributed by atoms with van der Waals surface area (Å²) in [4.78, 5) is 12.2. The van der Waals surface area contributed by atoms with Crippen LogP contribution in [0, 0.1) is 31.3 Å². The summed E-state index contributed by atoms with van der Waals surface area (Å²) in [7, 11) is 0. The SMILES string of the molecule is Cc1ccc(Nc2nc(-n3c(C)nc4c(F)cc(F)cc43)nc(N)c2F)cc1. The van der Waals surface area contributed by atoms with Crippen molar-refractivity contribution in [3.05, 3.63) is 65.2 Å². The highest BCUT2D eigenvalue weighted by molar-refractivity contribution is 5.78. The Morgan fingerprint density at radius 3 is 2.39 bits per heavy atom. The van der Waals surface area contributed by atoms with Crippen LogP contribution in [0.5, 0.6) is 0 Å². The molecule has 0 fully saturated rings. The zero-order valence-corrected chi connectivity index (χ0v) is 15.0. The number of imidazole rings is 1. The summed E-state index contributed by atoms with van der Waals surface area (Å²) in [6.07, 6.45) is 0. The van der Waals surface area contributed by atoms with Crippen molar-refractivity contribution < 1.29 is 13.2 Å². The second-order valence-electron chi connectivity index (χ2n) is 6.31. The molecule has 0 aliphatic carbocycles. The van der Waals surface area contributed by atoms with Gasteiger partial charge in [0.05, 0.1) is 5.52 Å². The van der Waals surface area contributed by atoms with Crippen molar-refractivity contribution in [2.24, 2.45) is 0 Å². The fourth-order valence-electron chi connectivity index (χ4n) is 2.88. The predicted molar refractivity (Wildman–Crippen MR) is 100 cm³/mol. The Balaban J connectivity index is 1.87. The molecule has 28 heavy (non-hydrogen) atoms. The van der Waals surface area contributed by atoms with Crippen LogP contribution in [-0.4, -0.2) is 19.5 Å². The van der Waals surface area contributed by atoms with Crippen LogP contribution in [0.4, 0.5) is 30.5 Å². The van der Waals surface area contributed by atoms with Crippen LogP contribution in [0.1, 0.15) is 11.4 Å². The van der Waals surface area contributed by atoms with E-state index in [1.54, 1.807) is 19.1 Å². The molecule has 0 aliphatic heterocycles. The van der Waals surface area contributed by atoms with Crippen LogP contribution in [0.2, 0.25) is 0 Å². The summed E-state index contributed by atoms with van der Waals surface area (Å²) in [5.41, 5.74) is 7.42. The summed E-state index contributed by atoms with van der Waals surface area (Å²) in [6, 6.07) is 9.07. The molecular weight excluding hydrogens is 369 g/mol.